The van der Waals surface area contributed by atoms with Crippen molar-refractivity contribution in [3.8, 4) is 0 Å². The molecule has 0 spiro atoms. The van der Waals surface area contributed by atoms with Crippen LogP contribution >= 0.6 is 0 Å². The van der Waals surface area contributed by atoms with E-state index in [1.165, 1.54) is 5.56 Å². The van der Waals surface area contributed by atoms with Gasteiger partial charge < -0.3 is 29.7 Å². The number of aliphatic hydroxyl groups excluding tert-OH is 2. The number of fused-ring (bicyclic) bond motifs is 1. The van der Waals surface area contributed by atoms with Gasteiger partial charge in [0.2, 0.25) is 0 Å². The zero-order valence-electron chi connectivity index (χ0n) is 17.7. The quantitative estimate of drug-likeness (QED) is 0.436. The summed E-state index contributed by atoms with van der Waals surface area (Å²) in [5.41, 5.74) is 3.26. The molecule has 1 atom stereocenters. The molecule has 32 heavy (non-hydrogen) atoms. The summed E-state index contributed by atoms with van der Waals surface area (Å²) in [5.74, 6) is 0. The third-order valence-electron chi connectivity index (χ3n) is 5.57. The molecule has 0 saturated carbocycles. The number of aliphatic hydroxyl groups is 2. The first kappa shape index (κ1) is 25.0. The highest BCUT2D eigenvalue weighted by Gasteiger charge is 2.40. The molecular formula is C23H29N3O6. The van der Waals surface area contributed by atoms with E-state index in [1.807, 2.05) is 30.5 Å². The zero-order valence-corrected chi connectivity index (χ0v) is 17.7. The molecule has 9 nitrogen and oxygen atoms in total. The molecule has 1 fully saturated rings. The third-order valence-corrected chi connectivity index (χ3v) is 5.57. The number of carboxylic acid groups (broad SMARTS) is 2. The minimum atomic E-state index is -0.672. The normalized spacial score (nSPS) is 16.1. The molecule has 0 radical (unpaired) electrons. The van der Waals surface area contributed by atoms with Crippen LogP contribution in [0.15, 0.2) is 60.9 Å². The van der Waals surface area contributed by atoms with Gasteiger partial charge >= 0.3 is 0 Å². The highest BCUT2D eigenvalue weighted by molar-refractivity contribution is 5.45. The number of hydrogen-bond donors (Lipinski definition) is 4. The maximum absolute atomic E-state index is 9.76. The predicted molar refractivity (Wildman–Crippen MR) is 119 cm³/mol. The molecule has 1 saturated heterocycles. The van der Waals surface area contributed by atoms with E-state index in [0.717, 1.165) is 37.3 Å². The van der Waals surface area contributed by atoms with Crippen LogP contribution in [0.1, 0.15) is 24.1 Å². The Labute approximate surface area is 186 Å². The first-order chi connectivity index (χ1) is 15.5. The third kappa shape index (κ3) is 6.13. The number of aromatic nitrogens is 2. The molecule has 3 aromatic rings. The molecule has 9 heteroatoms. The molecule has 1 aromatic carbocycles. The van der Waals surface area contributed by atoms with Crippen LogP contribution in [0.25, 0.3) is 5.65 Å². The average molecular weight is 444 g/mol. The minimum absolute atomic E-state index is 0.117. The van der Waals surface area contributed by atoms with Gasteiger partial charge in [-0.2, -0.15) is 0 Å². The fraction of sp³-hybridized carbons (Fsp3) is 0.348. The van der Waals surface area contributed by atoms with E-state index >= 15 is 0 Å². The van der Waals surface area contributed by atoms with Crippen molar-refractivity contribution in [2.45, 2.75) is 24.4 Å². The van der Waals surface area contributed by atoms with E-state index in [9.17, 15) is 5.11 Å². The van der Waals surface area contributed by atoms with Gasteiger partial charge in [-0.25, -0.2) is 4.98 Å². The van der Waals surface area contributed by atoms with Crippen LogP contribution < -0.4 is 0 Å². The Hall–Kier alpha value is -3.27. The van der Waals surface area contributed by atoms with Gasteiger partial charge in [-0.3, -0.25) is 9.59 Å². The summed E-state index contributed by atoms with van der Waals surface area (Å²) in [5, 5.41) is 32.7. The van der Waals surface area contributed by atoms with E-state index in [0.29, 0.717) is 6.54 Å². The van der Waals surface area contributed by atoms with Crippen molar-refractivity contribution in [1.82, 2.24) is 14.3 Å². The highest BCUT2D eigenvalue weighted by atomic mass is 16.3. The number of benzene rings is 1. The van der Waals surface area contributed by atoms with Gasteiger partial charge in [0.25, 0.3) is 12.9 Å². The van der Waals surface area contributed by atoms with Crippen LogP contribution in [0.5, 0.6) is 0 Å². The van der Waals surface area contributed by atoms with E-state index < -0.39 is 6.10 Å². The molecule has 1 aliphatic rings. The Morgan fingerprint density at radius 2 is 1.59 bits per heavy atom. The molecule has 172 valence electrons. The van der Waals surface area contributed by atoms with E-state index in [1.54, 1.807) is 0 Å². The zero-order chi connectivity index (χ0) is 23.4. The van der Waals surface area contributed by atoms with Crippen LogP contribution in [0, 0.1) is 0 Å². The summed E-state index contributed by atoms with van der Waals surface area (Å²) in [6.07, 6.45) is 5.41. The van der Waals surface area contributed by atoms with Gasteiger partial charge in [-0.1, -0.05) is 36.4 Å². The fourth-order valence-electron chi connectivity index (χ4n) is 4.09. The van der Waals surface area contributed by atoms with E-state index in [2.05, 4.69) is 39.8 Å². The molecule has 0 aliphatic carbocycles. The van der Waals surface area contributed by atoms with Crippen molar-refractivity contribution in [3.05, 3.63) is 72.2 Å². The SMILES string of the molecule is O=CO.O=CO.OCC(O)CN1CCC(c2ccccc2)(c2cn3ccccc3n2)CC1. The van der Waals surface area contributed by atoms with Gasteiger partial charge in [-0.15, -0.1) is 0 Å². The Morgan fingerprint density at radius 1 is 1.00 bits per heavy atom. The molecule has 4 N–H and O–H groups in total. The maximum Gasteiger partial charge on any atom is 0.290 e. The number of likely N-dealkylation sites (tertiary alicyclic amines) is 1. The molecular weight excluding hydrogens is 414 g/mol. The van der Waals surface area contributed by atoms with Crippen molar-refractivity contribution in [2.24, 2.45) is 0 Å². The van der Waals surface area contributed by atoms with Crippen LogP contribution in [-0.2, 0) is 15.0 Å². The first-order valence-electron chi connectivity index (χ1n) is 10.2. The molecule has 1 unspecified atom stereocenters. The molecule has 3 heterocycles. The number of piperidine rings is 1. The van der Waals surface area contributed by atoms with Gasteiger partial charge in [0.05, 0.1) is 18.4 Å². The second-order valence-electron chi connectivity index (χ2n) is 7.39. The second kappa shape index (κ2) is 12.6. The van der Waals surface area contributed by atoms with Gasteiger partial charge in [-0.05, 0) is 43.6 Å². The van der Waals surface area contributed by atoms with Crippen LogP contribution in [0.3, 0.4) is 0 Å². The standard InChI is InChI=1S/C21H25N3O2.2CH2O2/c25-16-18(26)14-23-12-9-21(10-13-23,17-6-2-1-3-7-17)19-15-24-11-5-4-8-20(24)22-19;2*2-1-3/h1-8,11,15,18,25-26H,9-10,12-14,16H2;2*1H,(H,2,3). The lowest BCUT2D eigenvalue weighted by Gasteiger charge is -2.41. The lowest BCUT2D eigenvalue weighted by molar-refractivity contribution is -0.123. The number of rotatable bonds is 5. The lowest BCUT2D eigenvalue weighted by atomic mass is 9.70. The molecule has 2 aromatic heterocycles. The number of imidazole rings is 1. The van der Waals surface area contributed by atoms with Crippen molar-refractivity contribution >= 4 is 18.6 Å². The van der Waals surface area contributed by atoms with Crippen molar-refractivity contribution < 1.29 is 30.0 Å². The van der Waals surface area contributed by atoms with Crippen molar-refractivity contribution in [1.29, 1.82) is 0 Å². The number of pyridine rings is 1. The fourth-order valence-corrected chi connectivity index (χ4v) is 4.09. The first-order valence-corrected chi connectivity index (χ1v) is 10.2. The Kier molecular flexibility index (Phi) is 9.80. The number of β-amino-alcohol motifs (C(OH)–C–C–N with tert-alkyl or cyclic N) is 1. The average Bonchev–Trinajstić information content (AvgIpc) is 3.26. The van der Waals surface area contributed by atoms with Crippen LogP contribution in [-0.4, -0.2) is 80.0 Å². The summed E-state index contributed by atoms with van der Waals surface area (Å²) in [6.45, 7) is 1.58. The smallest absolute Gasteiger partial charge is 0.290 e. The summed E-state index contributed by atoms with van der Waals surface area (Å²) < 4.78 is 2.09. The monoisotopic (exact) mass is 443 g/mol. The Morgan fingerprint density at radius 3 is 2.16 bits per heavy atom. The number of nitrogens with zero attached hydrogens (tertiary/aromatic N) is 3. The molecule has 0 amide bonds. The van der Waals surface area contributed by atoms with Crippen molar-refractivity contribution in [3.63, 3.8) is 0 Å². The lowest BCUT2D eigenvalue weighted by Crippen LogP contribution is -2.46. The highest BCUT2D eigenvalue weighted by Crippen LogP contribution is 2.41. The van der Waals surface area contributed by atoms with Crippen molar-refractivity contribution in [2.75, 3.05) is 26.2 Å². The maximum atomic E-state index is 9.76. The molecule has 1 aliphatic heterocycles. The largest absolute Gasteiger partial charge is 0.483 e. The number of carbonyl (C=O) groups is 2. The number of hydrogen-bond acceptors (Lipinski definition) is 6. The Balaban J connectivity index is 0.000000547. The summed E-state index contributed by atoms with van der Waals surface area (Å²) >= 11 is 0. The topological polar surface area (TPSA) is 136 Å². The van der Waals surface area contributed by atoms with E-state index in [4.69, 9.17) is 29.9 Å². The van der Waals surface area contributed by atoms with Crippen LogP contribution in [0.2, 0.25) is 0 Å². The Bertz CT molecular complexity index is 916. The van der Waals surface area contributed by atoms with Gasteiger partial charge in [0.15, 0.2) is 0 Å². The molecule has 4 rings (SSSR count). The molecule has 0 bridgehead atoms. The summed E-state index contributed by atoms with van der Waals surface area (Å²) in [6, 6.07) is 16.7. The van der Waals surface area contributed by atoms with Gasteiger partial charge in [0.1, 0.15) is 5.65 Å². The summed E-state index contributed by atoms with van der Waals surface area (Å²) in [4.78, 5) is 23.9. The van der Waals surface area contributed by atoms with Crippen LogP contribution in [0.4, 0.5) is 0 Å². The second-order valence-corrected chi connectivity index (χ2v) is 7.39. The van der Waals surface area contributed by atoms with Gasteiger partial charge in [0, 0.05) is 24.4 Å². The van der Waals surface area contributed by atoms with E-state index in [-0.39, 0.29) is 25.0 Å². The minimum Gasteiger partial charge on any atom is -0.483 e. The predicted octanol–water partition coefficient (Wildman–Crippen LogP) is 1.47. The summed E-state index contributed by atoms with van der Waals surface area (Å²) in [7, 11) is 0.